The quantitative estimate of drug-likeness (QED) is 0.760. The minimum Gasteiger partial charge on any atom is -0.393 e. The number of benzene rings is 2. The molecule has 6 nitrogen and oxygen atoms in total. The van der Waals surface area contributed by atoms with Crippen LogP contribution in [0.2, 0.25) is 0 Å². The van der Waals surface area contributed by atoms with Crippen LogP contribution in [0.3, 0.4) is 0 Å². The molecule has 1 aliphatic rings. The summed E-state index contributed by atoms with van der Waals surface area (Å²) in [4.78, 5) is 24.9. The van der Waals surface area contributed by atoms with Crippen molar-refractivity contribution in [1.82, 2.24) is 5.32 Å². The van der Waals surface area contributed by atoms with Gasteiger partial charge in [-0.25, -0.2) is 4.79 Å². The van der Waals surface area contributed by atoms with Gasteiger partial charge in [0.05, 0.1) is 16.7 Å². The average molecular weight is 378 g/mol. The molecule has 0 saturated carbocycles. The maximum Gasteiger partial charge on any atom is 0.325 e. The van der Waals surface area contributed by atoms with Gasteiger partial charge in [-0.1, -0.05) is 59.8 Å². The highest BCUT2D eigenvalue weighted by atomic mass is 32.2. The van der Waals surface area contributed by atoms with Crippen LogP contribution in [0.15, 0.2) is 65.2 Å². The fourth-order valence-corrected chi connectivity index (χ4v) is 4.05. The molecule has 7 heteroatoms. The number of rotatable bonds is 3. The maximum atomic E-state index is 12.7. The van der Waals surface area contributed by atoms with Gasteiger partial charge in [-0.3, -0.25) is 10.1 Å². The Hall–Kier alpha value is -3.24. The third-order valence-corrected chi connectivity index (χ3v) is 5.43. The Morgan fingerprint density at radius 3 is 2.41 bits per heavy atom. The molecule has 2 atom stereocenters. The van der Waals surface area contributed by atoms with Gasteiger partial charge in [-0.15, -0.1) is 0 Å². The summed E-state index contributed by atoms with van der Waals surface area (Å²) in [5, 5.41) is 14.0. The summed E-state index contributed by atoms with van der Waals surface area (Å²) in [6.45, 7) is 1.94. The molecule has 0 bridgehead atoms. The van der Waals surface area contributed by atoms with Crippen molar-refractivity contribution in [3.8, 4) is 6.07 Å². The lowest BCUT2D eigenvalue weighted by Crippen LogP contribution is -2.41. The van der Waals surface area contributed by atoms with E-state index in [-0.39, 0.29) is 0 Å². The molecule has 1 aliphatic heterocycles. The summed E-state index contributed by atoms with van der Waals surface area (Å²) in [5.41, 5.74) is 8.76. The Morgan fingerprint density at radius 2 is 1.78 bits per heavy atom. The zero-order valence-corrected chi connectivity index (χ0v) is 15.4. The van der Waals surface area contributed by atoms with Gasteiger partial charge < -0.3 is 11.1 Å². The number of nitrogens with two attached hydrogens (primary N) is 1. The van der Waals surface area contributed by atoms with Gasteiger partial charge in [0, 0.05) is 11.6 Å². The van der Waals surface area contributed by atoms with E-state index in [0.29, 0.717) is 16.3 Å². The predicted molar refractivity (Wildman–Crippen MR) is 106 cm³/mol. The van der Waals surface area contributed by atoms with E-state index in [1.807, 2.05) is 49.4 Å². The van der Waals surface area contributed by atoms with Crippen LogP contribution in [0, 0.1) is 18.3 Å². The van der Waals surface area contributed by atoms with Crippen LogP contribution in [-0.2, 0) is 4.79 Å². The number of carbonyl (C=O) groups is 2. The van der Waals surface area contributed by atoms with Crippen LogP contribution in [0.25, 0.3) is 0 Å². The molecule has 0 aliphatic carbocycles. The van der Waals surface area contributed by atoms with E-state index in [2.05, 4.69) is 16.7 Å². The second-order valence-corrected chi connectivity index (χ2v) is 7.31. The van der Waals surface area contributed by atoms with E-state index in [0.717, 1.165) is 22.9 Å². The summed E-state index contributed by atoms with van der Waals surface area (Å²) >= 11 is 1.10. The molecule has 3 rings (SSSR count). The lowest BCUT2D eigenvalue weighted by atomic mass is 9.89. The first-order chi connectivity index (χ1) is 13.0. The first-order valence-electron chi connectivity index (χ1n) is 8.29. The molecular formula is C20H18N4O2S. The molecule has 0 saturated heterocycles. The number of thioether (sulfide) groups is 1. The number of hydrogen-bond donors (Lipinski definition) is 3. The molecule has 4 N–H and O–H groups in total. The SMILES string of the molecule is Cc1ccc(NC(=O)NC(=O)[C@@H]2SC(N)=C(C#N)[C@H]2c2ccccc2)cc1. The Labute approximate surface area is 161 Å². The van der Waals surface area contributed by atoms with E-state index in [1.54, 1.807) is 12.1 Å². The topological polar surface area (TPSA) is 108 Å². The zero-order chi connectivity index (χ0) is 19.4. The van der Waals surface area contributed by atoms with Crippen LogP contribution < -0.4 is 16.4 Å². The standard InChI is InChI=1S/C20H18N4O2S/c1-12-7-9-14(10-8-12)23-20(26)24-19(25)17-16(13-5-3-2-4-6-13)15(11-21)18(22)27-17/h2-10,16-17H,22H2,1H3,(H2,23,24,25,26)/t16-,17-/m1/s1. The third kappa shape index (κ3) is 4.13. The van der Waals surface area contributed by atoms with Crippen LogP contribution in [0.5, 0.6) is 0 Å². The average Bonchev–Trinajstić information content (AvgIpc) is 3.00. The molecule has 0 unspecified atom stereocenters. The highest BCUT2D eigenvalue weighted by Gasteiger charge is 2.41. The van der Waals surface area contributed by atoms with Crippen molar-refractivity contribution in [1.29, 1.82) is 5.26 Å². The number of allylic oxidation sites excluding steroid dienone is 1. The van der Waals surface area contributed by atoms with Gasteiger partial charge in [0.15, 0.2) is 0 Å². The smallest absolute Gasteiger partial charge is 0.325 e. The van der Waals surface area contributed by atoms with Crippen molar-refractivity contribution in [2.24, 2.45) is 5.73 Å². The van der Waals surface area contributed by atoms with Gasteiger partial charge in [0.25, 0.3) is 0 Å². The van der Waals surface area contributed by atoms with Crippen molar-refractivity contribution in [3.05, 3.63) is 76.3 Å². The minimum atomic E-state index is -0.689. The number of anilines is 1. The van der Waals surface area contributed by atoms with Crippen molar-refractivity contribution in [2.45, 2.75) is 18.1 Å². The summed E-state index contributed by atoms with van der Waals surface area (Å²) in [7, 11) is 0. The number of aryl methyl sites for hydroxylation is 1. The van der Waals surface area contributed by atoms with Gasteiger partial charge in [0.2, 0.25) is 5.91 Å². The highest BCUT2D eigenvalue weighted by Crippen LogP contribution is 2.45. The van der Waals surface area contributed by atoms with Crippen molar-refractivity contribution >= 4 is 29.4 Å². The number of hydrogen-bond acceptors (Lipinski definition) is 5. The fraction of sp³-hybridized carbons (Fsp3) is 0.150. The molecule has 0 aromatic heterocycles. The number of nitrogens with one attached hydrogen (secondary N) is 2. The third-order valence-electron chi connectivity index (χ3n) is 4.22. The largest absolute Gasteiger partial charge is 0.393 e. The first kappa shape index (κ1) is 18.5. The van der Waals surface area contributed by atoms with Gasteiger partial charge in [0.1, 0.15) is 5.25 Å². The molecular weight excluding hydrogens is 360 g/mol. The Balaban J connectivity index is 1.74. The Morgan fingerprint density at radius 1 is 1.11 bits per heavy atom. The van der Waals surface area contributed by atoms with E-state index in [4.69, 9.17) is 5.73 Å². The number of carbonyl (C=O) groups excluding carboxylic acids is 2. The first-order valence-corrected chi connectivity index (χ1v) is 9.17. The number of urea groups is 1. The van der Waals surface area contributed by atoms with E-state index in [1.165, 1.54) is 0 Å². The van der Waals surface area contributed by atoms with Crippen LogP contribution in [0.1, 0.15) is 17.0 Å². The number of nitriles is 1. The van der Waals surface area contributed by atoms with E-state index in [9.17, 15) is 14.9 Å². The molecule has 2 aromatic rings. The van der Waals surface area contributed by atoms with Crippen LogP contribution in [0.4, 0.5) is 10.5 Å². The molecule has 0 spiro atoms. The second-order valence-electron chi connectivity index (χ2n) is 6.13. The normalized spacial score (nSPS) is 18.7. The van der Waals surface area contributed by atoms with Crippen molar-refractivity contribution in [2.75, 3.05) is 5.32 Å². The molecule has 2 aromatic carbocycles. The number of amides is 3. The summed E-state index contributed by atoms with van der Waals surface area (Å²) < 4.78 is 0. The lowest BCUT2D eigenvalue weighted by molar-refractivity contribution is -0.119. The number of imide groups is 1. The fourth-order valence-electron chi connectivity index (χ4n) is 2.89. The summed E-state index contributed by atoms with van der Waals surface area (Å²) in [6.07, 6.45) is 0. The minimum absolute atomic E-state index is 0.311. The maximum absolute atomic E-state index is 12.7. The van der Waals surface area contributed by atoms with Crippen molar-refractivity contribution in [3.63, 3.8) is 0 Å². The van der Waals surface area contributed by atoms with Crippen LogP contribution >= 0.6 is 11.8 Å². The lowest BCUT2D eigenvalue weighted by Gasteiger charge is -2.19. The molecule has 0 fully saturated rings. The zero-order valence-electron chi connectivity index (χ0n) is 14.6. The number of nitrogens with zero attached hydrogens (tertiary/aromatic N) is 1. The molecule has 1 heterocycles. The van der Waals surface area contributed by atoms with Gasteiger partial charge in [-0.05, 0) is 24.6 Å². The summed E-state index contributed by atoms with van der Waals surface area (Å²) in [5.74, 6) is -0.986. The van der Waals surface area contributed by atoms with Gasteiger partial charge in [-0.2, -0.15) is 5.26 Å². The Kier molecular flexibility index (Phi) is 5.48. The van der Waals surface area contributed by atoms with E-state index >= 15 is 0 Å². The Bertz CT molecular complexity index is 933. The van der Waals surface area contributed by atoms with Crippen molar-refractivity contribution < 1.29 is 9.59 Å². The molecule has 27 heavy (non-hydrogen) atoms. The summed E-state index contributed by atoms with van der Waals surface area (Å²) in [6, 6.07) is 17.9. The van der Waals surface area contributed by atoms with Gasteiger partial charge >= 0.3 is 6.03 Å². The molecule has 136 valence electrons. The predicted octanol–water partition coefficient (Wildman–Crippen LogP) is 3.24. The van der Waals surface area contributed by atoms with E-state index < -0.39 is 23.1 Å². The molecule has 3 amide bonds. The monoisotopic (exact) mass is 378 g/mol. The van der Waals surface area contributed by atoms with Crippen LogP contribution in [-0.4, -0.2) is 17.2 Å². The second kappa shape index (κ2) is 7.98. The molecule has 0 radical (unpaired) electrons. The highest BCUT2D eigenvalue weighted by molar-refractivity contribution is 8.04.